The number of aromatic nitrogens is 3. The third kappa shape index (κ3) is 3.17. The molecule has 0 aliphatic carbocycles. The molecule has 2 aromatic heterocycles. The number of para-hydroxylation sites is 1. The van der Waals surface area contributed by atoms with Crippen molar-refractivity contribution in [3.63, 3.8) is 0 Å². The Balaban J connectivity index is 1.73. The van der Waals surface area contributed by atoms with E-state index in [-0.39, 0.29) is 17.9 Å². The first-order valence-electron chi connectivity index (χ1n) is 8.71. The van der Waals surface area contributed by atoms with Gasteiger partial charge in [0.25, 0.3) is 5.56 Å². The van der Waals surface area contributed by atoms with E-state index in [1.165, 1.54) is 10.9 Å². The third-order valence-corrected chi connectivity index (χ3v) is 4.89. The molecule has 4 aromatic rings. The molecule has 0 fully saturated rings. The van der Waals surface area contributed by atoms with Crippen molar-refractivity contribution in [2.45, 2.75) is 19.5 Å². The van der Waals surface area contributed by atoms with Gasteiger partial charge in [0, 0.05) is 34.2 Å². The lowest BCUT2D eigenvalue weighted by atomic mass is 10.1. The number of benzene rings is 2. The van der Waals surface area contributed by atoms with Crippen LogP contribution in [-0.2, 0) is 13.1 Å². The Kier molecular flexibility index (Phi) is 4.68. The summed E-state index contributed by atoms with van der Waals surface area (Å²) < 4.78 is 3.19. The normalized spacial score (nSPS) is 11.0. The summed E-state index contributed by atoms with van der Waals surface area (Å²) in [5.41, 5.74) is 1.63. The van der Waals surface area contributed by atoms with Crippen LogP contribution in [0.2, 0.25) is 5.02 Å². The van der Waals surface area contributed by atoms with Gasteiger partial charge in [0.1, 0.15) is 0 Å². The van der Waals surface area contributed by atoms with Crippen molar-refractivity contribution in [2.75, 3.05) is 0 Å². The molecule has 2 heterocycles. The van der Waals surface area contributed by atoms with Crippen molar-refractivity contribution < 1.29 is 4.79 Å². The number of Topliss-reactive ketones (excluding diaryl/α,β-unsaturated/α-hetero) is 1. The number of nitrogens with zero attached hydrogens (tertiary/aromatic N) is 4. The van der Waals surface area contributed by atoms with Crippen molar-refractivity contribution in [1.29, 1.82) is 5.26 Å². The largest absolute Gasteiger partial charge is 0.346 e. The summed E-state index contributed by atoms with van der Waals surface area (Å²) in [5, 5.41) is 10.5. The molecule has 0 aliphatic rings. The van der Waals surface area contributed by atoms with E-state index < -0.39 is 0 Å². The maximum atomic E-state index is 13.0. The maximum Gasteiger partial charge on any atom is 0.261 e. The second-order valence-electron chi connectivity index (χ2n) is 6.42. The summed E-state index contributed by atoms with van der Waals surface area (Å²) in [7, 11) is 0. The number of fused-ring (bicyclic) bond motifs is 2. The Morgan fingerprint density at radius 3 is 2.79 bits per heavy atom. The zero-order chi connectivity index (χ0) is 19.7. The predicted octanol–water partition coefficient (Wildman–Crippen LogP) is 3.80. The number of hydrogen-bond donors (Lipinski definition) is 0. The van der Waals surface area contributed by atoms with E-state index in [2.05, 4.69) is 11.1 Å². The average Bonchev–Trinajstić information content (AvgIpc) is 3.08. The first kappa shape index (κ1) is 18.0. The Labute approximate surface area is 165 Å². The van der Waals surface area contributed by atoms with Crippen LogP contribution in [-0.4, -0.2) is 19.9 Å². The number of nitriles is 1. The number of rotatable bonds is 5. The second kappa shape index (κ2) is 7.29. The molecule has 0 radical (unpaired) electrons. The molecule has 0 spiro atoms. The number of carbonyl (C=O) groups is 1. The molecule has 28 heavy (non-hydrogen) atoms. The van der Waals surface area contributed by atoms with E-state index >= 15 is 0 Å². The second-order valence-corrected chi connectivity index (χ2v) is 6.86. The molecule has 0 atom stereocenters. The third-order valence-electron chi connectivity index (χ3n) is 4.65. The van der Waals surface area contributed by atoms with E-state index in [1.54, 1.807) is 24.4 Å². The van der Waals surface area contributed by atoms with Crippen molar-refractivity contribution in [3.8, 4) is 6.07 Å². The van der Waals surface area contributed by atoms with Crippen LogP contribution in [0.25, 0.3) is 21.8 Å². The summed E-state index contributed by atoms with van der Waals surface area (Å²) in [6, 6.07) is 14.5. The van der Waals surface area contributed by atoms with Gasteiger partial charge in [-0.3, -0.25) is 14.2 Å². The lowest BCUT2D eigenvalue weighted by molar-refractivity contribution is 0.0972. The van der Waals surface area contributed by atoms with Crippen LogP contribution >= 0.6 is 11.6 Å². The van der Waals surface area contributed by atoms with Crippen LogP contribution in [0.4, 0.5) is 0 Å². The summed E-state index contributed by atoms with van der Waals surface area (Å²) >= 11 is 5.99. The first-order chi connectivity index (χ1) is 13.6. The van der Waals surface area contributed by atoms with Gasteiger partial charge in [0.05, 0.1) is 36.3 Å². The highest BCUT2D eigenvalue weighted by molar-refractivity contribution is 6.31. The minimum atomic E-state index is -0.311. The predicted molar refractivity (Wildman–Crippen MR) is 108 cm³/mol. The summed E-state index contributed by atoms with van der Waals surface area (Å²) in [6.45, 7) is 0.376. The molecule has 7 heteroatoms. The molecule has 4 rings (SSSR count). The zero-order valence-corrected chi connectivity index (χ0v) is 15.6. The Hall–Kier alpha value is -3.43. The van der Waals surface area contributed by atoms with Gasteiger partial charge in [-0.25, -0.2) is 4.98 Å². The standard InChI is InChI=1S/C21H15ClN4O2/c22-14-6-7-18-16(10-14)21(28)26(13-24-18)12-20(27)17-11-25(9-3-8-23)19-5-2-1-4-15(17)19/h1-2,4-7,10-11,13H,3,9,12H2. The lowest BCUT2D eigenvalue weighted by Gasteiger charge is -2.06. The SMILES string of the molecule is N#CCCn1cc(C(=O)Cn2cnc3ccc(Cl)cc3c2=O)c2ccccc21. The summed E-state index contributed by atoms with van der Waals surface area (Å²) in [6.07, 6.45) is 3.48. The molecule has 6 nitrogen and oxygen atoms in total. The van der Waals surface area contributed by atoms with Crippen molar-refractivity contribution in [1.82, 2.24) is 14.1 Å². The zero-order valence-electron chi connectivity index (χ0n) is 14.8. The number of ketones is 1. The number of hydrogen-bond acceptors (Lipinski definition) is 4. The Morgan fingerprint density at radius 1 is 1.14 bits per heavy atom. The van der Waals surface area contributed by atoms with Crippen LogP contribution in [0, 0.1) is 11.3 Å². The van der Waals surface area contributed by atoms with Crippen molar-refractivity contribution in [3.05, 3.63) is 75.9 Å². The minimum Gasteiger partial charge on any atom is -0.346 e. The highest BCUT2D eigenvalue weighted by Crippen LogP contribution is 2.22. The van der Waals surface area contributed by atoms with Gasteiger partial charge >= 0.3 is 0 Å². The maximum absolute atomic E-state index is 13.0. The van der Waals surface area contributed by atoms with Gasteiger partial charge in [-0.05, 0) is 24.3 Å². The highest BCUT2D eigenvalue weighted by Gasteiger charge is 2.16. The molecule has 0 bridgehead atoms. The molecular formula is C21H15ClN4O2. The van der Waals surface area contributed by atoms with Crippen LogP contribution in [0.5, 0.6) is 0 Å². The number of carbonyl (C=O) groups excluding carboxylic acids is 1. The topological polar surface area (TPSA) is 80.7 Å². The van der Waals surface area contributed by atoms with Crippen LogP contribution in [0.3, 0.4) is 0 Å². The van der Waals surface area contributed by atoms with E-state index in [9.17, 15) is 9.59 Å². The summed E-state index contributed by atoms with van der Waals surface area (Å²) in [5.74, 6) is -0.197. The van der Waals surface area contributed by atoms with Crippen LogP contribution < -0.4 is 5.56 Å². The average molecular weight is 391 g/mol. The quantitative estimate of drug-likeness (QED) is 0.485. The fraction of sp³-hybridized carbons (Fsp3) is 0.143. The molecule has 0 amide bonds. The molecule has 0 saturated carbocycles. The number of halogens is 1. The Morgan fingerprint density at radius 2 is 1.96 bits per heavy atom. The van der Waals surface area contributed by atoms with Crippen LogP contribution in [0.15, 0.2) is 59.8 Å². The fourth-order valence-corrected chi connectivity index (χ4v) is 3.48. The lowest BCUT2D eigenvalue weighted by Crippen LogP contribution is -2.24. The summed E-state index contributed by atoms with van der Waals surface area (Å²) in [4.78, 5) is 30.0. The Bertz CT molecular complexity index is 1310. The van der Waals surface area contributed by atoms with E-state index in [4.69, 9.17) is 16.9 Å². The molecule has 138 valence electrons. The minimum absolute atomic E-state index is 0.124. The van der Waals surface area contributed by atoms with Gasteiger partial charge < -0.3 is 4.57 Å². The first-order valence-corrected chi connectivity index (χ1v) is 9.09. The van der Waals surface area contributed by atoms with E-state index in [0.29, 0.717) is 34.5 Å². The van der Waals surface area contributed by atoms with E-state index in [1.807, 2.05) is 28.8 Å². The van der Waals surface area contributed by atoms with Crippen molar-refractivity contribution >= 4 is 39.2 Å². The molecule has 2 aromatic carbocycles. The monoisotopic (exact) mass is 390 g/mol. The van der Waals surface area contributed by atoms with Crippen molar-refractivity contribution in [2.24, 2.45) is 0 Å². The molecule has 0 saturated heterocycles. The van der Waals surface area contributed by atoms with Gasteiger partial charge in [0.15, 0.2) is 5.78 Å². The smallest absolute Gasteiger partial charge is 0.261 e. The van der Waals surface area contributed by atoms with Gasteiger partial charge in [-0.15, -0.1) is 0 Å². The number of aryl methyl sites for hydroxylation is 1. The molecule has 0 N–H and O–H groups in total. The highest BCUT2D eigenvalue weighted by atomic mass is 35.5. The molecule has 0 unspecified atom stereocenters. The molecular weight excluding hydrogens is 376 g/mol. The molecule has 0 aliphatic heterocycles. The van der Waals surface area contributed by atoms with Crippen LogP contribution in [0.1, 0.15) is 16.8 Å². The van der Waals surface area contributed by atoms with Gasteiger partial charge in [-0.2, -0.15) is 5.26 Å². The van der Waals surface area contributed by atoms with E-state index in [0.717, 1.165) is 10.9 Å². The van der Waals surface area contributed by atoms with Gasteiger partial charge in [0.2, 0.25) is 0 Å². The van der Waals surface area contributed by atoms with Gasteiger partial charge in [-0.1, -0.05) is 29.8 Å². The fourth-order valence-electron chi connectivity index (χ4n) is 3.31.